The maximum absolute atomic E-state index is 13.4. The van der Waals surface area contributed by atoms with E-state index in [4.69, 9.17) is 14.7 Å². The van der Waals surface area contributed by atoms with E-state index in [0.29, 0.717) is 17.7 Å². The molecule has 1 aromatic rings. The third kappa shape index (κ3) is 2.31. The molecule has 17 heavy (non-hydrogen) atoms. The highest BCUT2D eigenvalue weighted by molar-refractivity contribution is 5.41. The maximum atomic E-state index is 13.4. The van der Waals surface area contributed by atoms with Crippen LogP contribution in [0.1, 0.15) is 36.8 Å². The third-order valence-corrected chi connectivity index (χ3v) is 2.71. The van der Waals surface area contributed by atoms with Crippen molar-refractivity contribution in [1.82, 2.24) is 0 Å². The zero-order valence-corrected chi connectivity index (χ0v) is 10.1. The van der Waals surface area contributed by atoms with E-state index in [1.165, 1.54) is 6.07 Å². The average molecular weight is 235 g/mol. The highest BCUT2D eigenvalue weighted by Gasteiger charge is 2.35. The molecule has 90 valence electrons. The first-order valence-electron chi connectivity index (χ1n) is 5.42. The van der Waals surface area contributed by atoms with E-state index in [0.717, 1.165) is 0 Å². The summed E-state index contributed by atoms with van der Waals surface area (Å²) >= 11 is 0. The first-order valence-corrected chi connectivity index (χ1v) is 5.42. The van der Waals surface area contributed by atoms with Crippen molar-refractivity contribution < 1.29 is 13.9 Å². The molecule has 0 radical (unpaired) electrons. The molecule has 1 aromatic carbocycles. The SMILES string of the molecule is Cc1cc(C2OCC(C)(C)O2)c(C#N)cc1F. The maximum Gasteiger partial charge on any atom is 0.185 e. The van der Waals surface area contributed by atoms with E-state index in [2.05, 4.69) is 0 Å². The molecule has 0 saturated carbocycles. The van der Waals surface area contributed by atoms with Gasteiger partial charge in [0.15, 0.2) is 6.29 Å². The van der Waals surface area contributed by atoms with Crippen LogP contribution >= 0.6 is 0 Å². The van der Waals surface area contributed by atoms with Gasteiger partial charge in [0.05, 0.1) is 23.8 Å². The minimum absolute atomic E-state index is 0.260. The van der Waals surface area contributed by atoms with Crippen molar-refractivity contribution >= 4 is 0 Å². The number of hydrogen-bond donors (Lipinski definition) is 0. The Kier molecular flexibility index (Phi) is 2.90. The second-order valence-electron chi connectivity index (χ2n) is 4.82. The van der Waals surface area contributed by atoms with Gasteiger partial charge in [-0.3, -0.25) is 0 Å². The summed E-state index contributed by atoms with van der Waals surface area (Å²) in [6.45, 7) is 5.93. The molecule has 0 aliphatic carbocycles. The van der Waals surface area contributed by atoms with Crippen LogP contribution in [0.25, 0.3) is 0 Å². The van der Waals surface area contributed by atoms with Crippen molar-refractivity contribution in [3.63, 3.8) is 0 Å². The van der Waals surface area contributed by atoms with Crippen LogP contribution in [0.3, 0.4) is 0 Å². The number of nitriles is 1. The molecule has 1 atom stereocenters. The summed E-state index contributed by atoms with van der Waals surface area (Å²) in [7, 11) is 0. The lowest BCUT2D eigenvalue weighted by Crippen LogP contribution is -2.21. The van der Waals surface area contributed by atoms with Crippen molar-refractivity contribution in [3.05, 3.63) is 34.6 Å². The molecule has 1 fully saturated rings. The molecule has 1 unspecified atom stereocenters. The van der Waals surface area contributed by atoms with Crippen LogP contribution < -0.4 is 0 Å². The topological polar surface area (TPSA) is 42.2 Å². The lowest BCUT2D eigenvalue weighted by molar-refractivity contribution is -0.0813. The zero-order valence-electron chi connectivity index (χ0n) is 10.1. The Morgan fingerprint density at radius 3 is 2.71 bits per heavy atom. The van der Waals surface area contributed by atoms with Crippen LogP contribution in [0.5, 0.6) is 0 Å². The number of aryl methyl sites for hydroxylation is 1. The second kappa shape index (κ2) is 4.10. The Bertz CT molecular complexity index is 491. The molecular formula is C13H14FNO2. The van der Waals surface area contributed by atoms with Gasteiger partial charge >= 0.3 is 0 Å². The molecule has 1 heterocycles. The number of ether oxygens (including phenoxy) is 2. The fraction of sp³-hybridized carbons (Fsp3) is 0.462. The van der Waals surface area contributed by atoms with E-state index >= 15 is 0 Å². The lowest BCUT2D eigenvalue weighted by atomic mass is 10.0. The van der Waals surface area contributed by atoms with Crippen molar-refractivity contribution in [3.8, 4) is 6.07 Å². The first kappa shape index (κ1) is 12.0. The van der Waals surface area contributed by atoms with Crippen LogP contribution in [0, 0.1) is 24.1 Å². The van der Waals surface area contributed by atoms with E-state index in [9.17, 15) is 4.39 Å². The van der Waals surface area contributed by atoms with E-state index in [-0.39, 0.29) is 17.0 Å². The Labute approximate surface area is 99.8 Å². The second-order valence-corrected chi connectivity index (χ2v) is 4.82. The Morgan fingerprint density at radius 1 is 1.47 bits per heavy atom. The fourth-order valence-electron chi connectivity index (χ4n) is 1.78. The van der Waals surface area contributed by atoms with Crippen LogP contribution in [0.4, 0.5) is 4.39 Å². The van der Waals surface area contributed by atoms with E-state index in [1.807, 2.05) is 19.9 Å². The molecule has 0 bridgehead atoms. The van der Waals surface area contributed by atoms with Crippen molar-refractivity contribution in [2.24, 2.45) is 0 Å². The fourth-order valence-corrected chi connectivity index (χ4v) is 1.78. The molecule has 0 aromatic heterocycles. The molecule has 2 rings (SSSR count). The number of halogens is 1. The van der Waals surface area contributed by atoms with Gasteiger partial charge in [0.25, 0.3) is 0 Å². The standard InChI is InChI=1S/C13H14FNO2/c1-8-4-10(9(6-15)5-11(8)14)12-16-7-13(2,3)17-12/h4-5,12H,7H2,1-3H3. The van der Waals surface area contributed by atoms with Crippen molar-refractivity contribution in [2.75, 3.05) is 6.61 Å². The molecule has 0 amide bonds. The summed E-state index contributed by atoms with van der Waals surface area (Å²) in [5.74, 6) is -0.387. The summed E-state index contributed by atoms with van der Waals surface area (Å²) in [6, 6.07) is 4.80. The van der Waals surface area contributed by atoms with E-state index < -0.39 is 6.29 Å². The molecule has 0 spiro atoms. The predicted octanol–water partition coefficient (Wildman–Crippen LogP) is 2.83. The molecule has 1 aliphatic rings. The van der Waals surface area contributed by atoms with Crippen LogP contribution in [0.15, 0.2) is 12.1 Å². The molecular weight excluding hydrogens is 221 g/mol. The summed E-state index contributed by atoms with van der Waals surface area (Å²) in [6.07, 6.45) is -0.584. The van der Waals surface area contributed by atoms with Gasteiger partial charge in [-0.05, 0) is 38.5 Å². The molecule has 4 heteroatoms. The average Bonchev–Trinajstić information content (AvgIpc) is 2.62. The van der Waals surface area contributed by atoms with Crippen LogP contribution in [-0.2, 0) is 9.47 Å². The zero-order chi connectivity index (χ0) is 12.6. The summed E-state index contributed by atoms with van der Waals surface area (Å²) in [5, 5.41) is 9.00. The van der Waals surface area contributed by atoms with Gasteiger partial charge in [0, 0.05) is 5.56 Å². The highest BCUT2D eigenvalue weighted by Crippen LogP contribution is 2.35. The molecule has 1 saturated heterocycles. The Balaban J connectivity index is 2.40. The number of hydrogen-bond acceptors (Lipinski definition) is 3. The minimum atomic E-state index is -0.584. The number of rotatable bonds is 1. The minimum Gasteiger partial charge on any atom is -0.345 e. The predicted molar refractivity (Wildman–Crippen MR) is 59.7 cm³/mol. The molecule has 0 N–H and O–H groups in total. The van der Waals surface area contributed by atoms with E-state index in [1.54, 1.807) is 13.0 Å². The summed E-state index contributed by atoms with van der Waals surface area (Å²) in [4.78, 5) is 0. The first-order chi connectivity index (χ1) is 7.93. The highest BCUT2D eigenvalue weighted by atomic mass is 19.1. The van der Waals surface area contributed by atoms with Gasteiger partial charge in [-0.15, -0.1) is 0 Å². The Morgan fingerprint density at radius 2 is 2.18 bits per heavy atom. The molecule has 1 aliphatic heterocycles. The van der Waals surface area contributed by atoms with Gasteiger partial charge in [-0.2, -0.15) is 5.26 Å². The van der Waals surface area contributed by atoms with Gasteiger partial charge in [-0.25, -0.2) is 4.39 Å². The summed E-state index contributed by atoms with van der Waals surface area (Å²) < 4.78 is 24.5. The van der Waals surface area contributed by atoms with Gasteiger partial charge in [0.2, 0.25) is 0 Å². The Hall–Kier alpha value is -1.44. The van der Waals surface area contributed by atoms with Crippen molar-refractivity contribution in [1.29, 1.82) is 5.26 Å². The normalized spacial score (nSPS) is 22.4. The number of nitrogens with zero attached hydrogens (tertiary/aromatic N) is 1. The van der Waals surface area contributed by atoms with Crippen LogP contribution in [-0.4, -0.2) is 12.2 Å². The van der Waals surface area contributed by atoms with Crippen molar-refractivity contribution in [2.45, 2.75) is 32.7 Å². The van der Waals surface area contributed by atoms with Crippen LogP contribution in [0.2, 0.25) is 0 Å². The lowest BCUT2D eigenvalue weighted by Gasteiger charge is -2.17. The number of benzene rings is 1. The summed E-state index contributed by atoms with van der Waals surface area (Å²) in [5.41, 5.74) is 0.961. The van der Waals surface area contributed by atoms with Gasteiger partial charge in [-0.1, -0.05) is 0 Å². The third-order valence-electron chi connectivity index (χ3n) is 2.71. The largest absolute Gasteiger partial charge is 0.345 e. The van der Waals surface area contributed by atoms with Gasteiger partial charge < -0.3 is 9.47 Å². The molecule has 3 nitrogen and oxygen atoms in total. The smallest absolute Gasteiger partial charge is 0.185 e. The van der Waals surface area contributed by atoms with Gasteiger partial charge in [0.1, 0.15) is 5.82 Å². The monoisotopic (exact) mass is 235 g/mol. The quantitative estimate of drug-likeness (QED) is 0.751.